The Kier molecular flexibility index (Phi) is 3.82. The number of hydrogen-bond acceptors (Lipinski definition) is 8. The van der Waals surface area contributed by atoms with Crippen LogP contribution in [-0.2, 0) is 0 Å². The second-order valence-electron chi connectivity index (χ2n) is 8.18. The quantitative estimate of drug-likeness (QED) is 0.461. The Hall–Kier alpha value is -3.53. The summed E-state index contributed by atoms with van der Waals surface area (Å²) in [5.41, 5.74) is 8.14. The van der Waals surface area contributed by atoms with Gasteiger partial charge in [0.15, 0.2) is 5.75 Å². The minimum absolute atomic E-state index is 0.179. The van der Waals surface area contributed by atoms with Crippen LogP contribution in [0.3, 0.4) is 0 Å². The predicted octanol–water partition coefficient (Wildman–Crippen LogP) is 2.58. The number of halogens is 1. The first kappa shape index (κ1) is 18.3. The smallest absolute Gasteiger partial charge is 0.326 e. The van der Waals surface area contributed by atoms with Crippen molar-refractivity contribution in [2.75, 3.05) is 30.4 Å². The van der Waals surface area contributed by atoms with E-state index in [4.69, 9.17) is 15.5 Å². The van der Waals surface area contributed by atoms with Crippen LogP contribution < -0.4 is 20.7 Å². The topological polar surface area (TPSA) is 118 Å². The molecule has 3 atom stereocenters. The van der Waals surface area contributed by atoms with Crippen molar-refractivity contribution in [3.63, 3.8) is 0 Å². The Balaban J connectivity index is 1.53. The van der Waals surface area contributed by atoms with E-state index in [1.54, 1.807) is 26.4 Å². The van der Waals surface area contributed by atoms with Crippen molar-refractivity contribution < 1.29 is 9.13 Å². The molecule has 4 heterocycles. The Morgan fingerprint density at radius 1 is 1.19 bits per heavy atom. The molecule has 1 unspecified atom stereocenters. The normalized spacial score (nSPS) is 22.2. The van der Waals surface area contributed by atoms with Crippen LogP contribution in [0.25, 0.3) is 21.9 Å². The number of anilines is 2. The van der Waals surface area contributed by atoms with Gasteiger partial charge in [0.25, 0.3) is 0 Å². The lowest BCUT2D eigenvalue weighted by atomic mass is 10.1. The lowest BCUT2D eigenvalue weighted by Crippen LogP contribution is -2.29. The molecule has 0 spiro atoms. The molecule has 10 heteroatoms. The number of hydrogen-bond donors (Lipinski definition) is 3. The minimum Gasteiger partial charge on any atom is -0.421 e. The number of ether oxygens (including phenoxy) is 1. The van der Waals surface area contributed by atoms with Crippen LogP contribution in [0, 0.1) is 24.6 Å². The summed E-state index contributed by atoms with van der Waals surface area (Å²) in [6.07, 6.45) is 3.17. The zero-order valence-electron chi connectivity index (χ0n) is 17.1. The molecule has 4 aromatic rings. The van der Waals surface area contributed by atoms with Gasteiger partial charge in [0.05, 0.1) is 29.0 Å². The van der Waals surface area contributed by atoms with Gasteiger partial charge in [-0.05, 0) is 30.9 Å². The summed E-state index contributed by atoms with van der Waals surface area (Å²) in [5, 5.41) is 4.54. The van der Waals surface area contributed by atoms with Crippen LogP contribution >= 0.6 is 0 Å². The van der Waals surface area contributed by atoms with Crippen molar-refractivity contribution in [1.29, 1.82) is 0 Å². The molecule has 1 aliphatic heterocycles. The zero-order chi connectivity index (χ0) is 21.3. The average molecular weight is 420 g/mol. The number of piperidine rings is 1. The first-order valence-electron chi connectivity index (χ1n) is 10.2. The summed E-state index contributed by atoms with van der Waals surface area (Å²) < 4.78 is 20.2. The van der Waals surface area contributed by atoms with Gasteiger partial charge in [0, 0.05) is 31.6 Å². The Bertz CT molecular complexity index is 1310. The van der Waals surface area contributed by atoms with Gasteiger partial charge in [0.1, 0.15) is 23.1 Å². The van der Waals surface area contributed by atoms with Gasteiger partial charge >= 0.3 is 6.01 Å². The molecule has 2 aliphatic rings. The molecule has 1 aromatic carbocycles. The number of H-pyrrole nitrogens is 1. The van der Waals surface area contributed by atoms with Gasteiger partial charge in [-0.1, -0.05) is 0 Å². The molecule has 9 nitrogen and oxygen atoms in total. The molecule has 4 N–H and O–H groups in total. The standard InChI is InChI=1S/C21H21FN8O/c1-9-25-5-11(6-26-9)31-21-28-19-16(12-3-10(22)4-15(24-2)18(12)27-19)20(29-21)30-7-13-14(8-30)17(13)23/h3-6,13-14,17,24H,7-8,23H2,1-2H3,(H,27,28,29)/t13-,14+,17?. The summed E-state index contributed by atoms with van der Waals surface area (Å²) in [5.74, 6) is 2.41. The SMILES string of the molecule is CNc1cc(F)cc2c1[nH]c1nc(Oc3cnc(C)nc3)nc(N3C[C@@H]4C(N)[C@@H]4C3)c12. The molecule has 0 bridgehead atoms. The monoisotopic (exact) mass is 420 g/mol. The number of nitrogens with two attached hydrogens (primary N) is 1. The summed E-state index contributed by atoms with van der Waals surface area (Å²) in [6.45, 7) is 3.43. The van der Waals surface area contributed by atoms with Gasteiger partial charge in [-0.2, -0.15) is 9.97 Å². The highest BCUT2D eigenvalue weighted by atomic mass is 19.1. The fourth-order valence-electron chi connectivity index (χ4n) is 4.58. The van der Waals surface area contributed by atoms with Gasteiger partial charge in [-0.25, -0.2) is 14.4 Å². The van der Waals surface area contributed by atoms with E-state index in [1.165, 1.54) is 12.1 Å². The molecule has 1 saturated heterocycles. The summed E-state index contributed by atoms with van der Waals surface area (Å²) in [4.78, 5) is 23.1. The van der Waals surface area contributed by atoms with Gasteiger partial charge in [0.2, 0.25) is 0 Å². The highest BCUT2D eigenvalue weighted by Crippen LogP contribution is 2.47. The van der Waals surface area contributed by atoms with E-state index in [-0.39, 0.29) is 17.9 Å². The largest absolute Gasteiger partial charge is 0.421 e. The maximum atomic E-state index is 14.4. The van der Waals surface area contributed by atoms with E-state index in [0.29, 0.717) is 40.6 Å². The Morgan fingerprint density at radius 3 is 2.65 bits per heavy atom. The van der Waals surface area contributed by atoms with Crippen molar-refractivity contribution in [2.24, 2.45) is 17.6 Å². The molecule has 6 rings (SSSR count). The number of aromatic amines is 1. The lowest BCUT2D eigenvalue weighted by molar-refractivity contribution is 0.439. The van der Waals surface area contributed by atoms with E-state index in [0.717, 1.165) is 29.4 Å². The number of nitrogens with one attached hydrogen (secondary N) is 2. The molecule has 1 aliphatic carbocycles. The second kappa shape index (κ2) is 6.48. The van der Waals surface area contributed by atoms with Crippen LogP contribution in [0.1, 0.15) is 5.82 Å². The van der Waals surface area contributed by atoms with Gasteiger partial charge in [-0.15, -0.1) is 0 Å². The van der Waals surface area contributed by atoms with Crippen LogP contribution in [0.5, 0.6) is 11.8 Å². The van der Waals surface area contributed by atoms with Crippen molar-refractivity contribution in [3.8, 4) is 11.8 Å². The summed E-state index contributed by atoms with van der Waals surface area (Å²) in [6, 6.07) is 3.40. The fraction of sp³-hybridized carbons (Fsp3) is 0.333. The van der Waals surface area contributed by atoms with E-state index < -0.39 is 0 Å². The average Bonchev–Trinajstić information content (AvgIpc) is 3.12. The van der Waals surface area contributed by atoms with Crippen LogP contribution in [0.15, 0.2) is 24.5 Å². The molecule has 0 radical (unpaired) electrons. The molecule has 2 fully saturated rings. The molecule has 0 amide bonds. The lowest BCUT2D eigenvalue weighted by Gasteiger charge is -2.21. The predicted molar refractivity (Wildman–Crippen MR) is 115 cm³/mol. The highest BCUT2D eigenvalue weighted by Gasteiger charge is 2.54. The molecular weight excluding hydrogens is 399 g/mol. The molecule has 1 saturated carbocycles. The maximum Gasteiger partial charge on any atom is 0.326 e. The van der Waals surface area contributed by atoms with Crippen molar-refractivity contribution >= 4 is 33.4 Å². The van der Waals surface area contributed by atoms with Crippen molar-refractivity contribution in [3.05, 3.63) is 36.2 Å². The van der Waals surface area contributed by atoms with Crippen molar-refractivity contribution in [1.82, 2.24) is 24.9 Å². The van der Waals surface area contributed by atoms with Crippen molar-refractivity contribution in [2.45, 2.75) is 13.0 Å². The number of benzene rings is 1. The maximum absolute atomic E-state index is 14.4. The Labute approximate surface area is 176 Å². The third-order valence-corrected chi connectivity index (χ3v) is 6.28. The van der Waals surface area contributed by atoms with E-state index >= 15 is 0 Å². The van der Waals surface area contributed by atoms with Crippen LogP contribution in [0.2, 0.25) is 0 Å². The molecule has 31 heavy (non-hydrogen) atoms. The van der Waals surface area contributed by atoms with Crippen LogP contribution in [-0.4, -0.2) is 51.1 Å². The third kappa shape index (κ3) is 2.86. The number of fused-ring (bicyclic) bond motifs is 4. The van der Waals surface area contributed by atoms with Gasteiger partial charge in [-0.3, -0.25) is 0 Å². The summed E-state index contributed by atoms with van der Waals surface area (Å²) >= 11 is 0. The Morgan fingerprint density at radius 2 is 1.94 bits per heavy atom. The van der Waals surface area contributed by atoms with Crippen LogP contribution in [0.4, 0.5) is 15.9 Å². The summed E-state index contributed by atoms with van der Waals surface area (Å²) in [7, 11) is 1.76. The van der Waals surface area contributed by atoms with E-state index in [2.05, 4.69) is 30.2 Å². The van der Waals surface area contributed by atoms with Gasteiger partial charge < -0.3 is 25.7 Å². The third-order valence-electron chi connectivity index (χ3n) is 6.28. The molecule has 3 aromatic heterocycles. The minimum atomic E-state index is -0.327. The highest BCUT2D eigenvalue weighted by molar-refractivity contribution is 6.14. The number of nitrogens with zero attached hydrogens (tertiary/aromatic N) is 5. The number of rotatable bonds is 4. The van der Waals surface area contributed by atoms with E-state index in [1.807, 2.05) is 0 Å². The molecular formula is C21H21FN8O. The number of aryl methyl sites for hydroxylation is 1. The molecule has 158 valence electrons. The fourth-order valence-corrected chi connectivity index (χ4v) is 4.58. The first-order chi connectivity index (χ1) is 15.0. The zero-order valence-corrected chi connectivity index (χ0v) is 17.1. The number of aromatic nitrogens is 5. The first-order valence-corrected chi connectivity index (χ1v) is 10.2. The van der Waals surface area contributed by atoms with E-state index in [9.17, 15) is 4.39 Å². The second-order valence-corrected chi connectivity index (χ2v) is 8.18.